The van der Waals surface area contributed by atoms with Crippen LogP contribution in [0.15, 0.2) is 279 Å². The van der Waals surface area contributed by atoms with Crippen molar-refractivity contribution in [2.45, 2.75) is 40.0 Å². The van der Waals surface area contributed by atoms with E-state index in [1.165, 1.54) is 5.56 Å². The molecule has 0 bridgehead atoms. The Hall–Kier alpha value is -11.5. The molecule has 0 fully saturated rings. The summed E-state index contributed by atoms with van der Waals surface area (Å²) < 4.78 is 13.4. The molecule has 6 aromatic heterocycles. The fourth-order valence-electron chi connectivity index (χ4n) is 14.2. The maximum absolute atomic E-state index is 5.54. The van der Waals surface area contributed by atoms with Crippen LogP contribution in [0.25, 0.3) is 156 Å². The fourth-order valence-corrected chi connectivity index (χ4v) is 14.2. The Morgan fingerprint density at radius 2 is 0.812 bits per heavy atom. The molecule has 18 aromatic rings. The average Bonchev–Trinajstić information content (AvgIpc) is 1.53. The van der Waals surface area contributed by atoms with Gasteiger partial charge in [0.05, 0.1) is 38.8 Å². The van der Waals surface area contributed by atoms with Gasteiger partial charge in [-0.15, -0.1) is 18.2 Å². The summed E-state index contributed by atoms with van der Waals surface area (Å²) in [5.74, 6) is 2.29. The van der Waals surface area contributed by atoms with Gasteiger partial charge in [-0.25, -0.2) is 15.0 Å². The van der Waals surface area contributed by atoms with Crippen LogP contribution in [0.3, 0.4) is 0 Å². The number of rotatable bonds is 10. The number of pyridine rings is 1. The van der Waals surface area contributed by atoms with Crippen LogP contribution in [0.1, 0.15) is 37.5 Å². The first-order chi connectivity index (χ1) is 46.6. The Labute approximate surface area is 570 Å². The zero-order valence-electron chi connectivity index (χ0n) is 53.4. The normalized spacial score (nSPS) is 11.9. The average molecular weight is 1420 g/mol. The summed E-state index contributed by atoms with van der Waals surface area (Å²) in [5, 5.41) is 0. The van der Waals surface area contributed by atoms with E-state index in [0.717, 1.165) is 167 Å². The second-order valence-electron chi connectivity index (χ2n) is 25.9. The van der Waals surface area contributed by atoms with Crippen molar-refractivity contribution in [1.82, 2.24) is 37.5 Å². The zero-order chi connectivity index (χ0) is 63.6. The predicted molar refractivity (Wildman–Crippen MR) is 386 cm³/mol. The molecule has 0 radical (unpaired) electrons. The molecule has 0 N–H and O–H groups in total. The molecule has 9 nitrogen and oxygen atoms in total. The Morgan fingerprint density at radius 3 is 1.33 bits per heavy atom. The number of aromatic nitrogens is 9. The molecular weight excluding hydrogens is 1350 g/mol. The summed E-state index contributed by atoms with van der Waals surface area (Å²) >= 11 is 0. The third-order valence-corrected chi connectivity index (χ3v) is 18.9. The summed E-state index contributed by atoms with van der Waals surface area (Å²) in [6.07, 6.45) is 5.96. The maximum Gasteiger partial charge on any atom is 0.268 e. The number of benzene rings is 12. The van der Waals surface area contributed by atoms with E-state index in [1.54, 1.807) is 0 Å². The minimum Gasteiger partial charge on any atom is -0.331 e. The van der Waals surface area contributed by atoms with Crippen LogP contribution in [0.4, 0.5) is 0 Å². The molecule has 12 aromatic carbocycles. The Morgan fingerprint density at radius 1 is 0.375 bits per heavy atom. The molecule has 0 aliphatic carbocycles. The van der Waals surface area contributed by atoms with E-state index in [2.05, 4.69) is 353 Å². The van der Waals surface area contributed by atoms with Crippen LogP contribution in [0.2, 0.25) is 0 Å². The van der Waals surface area contributed by atoms with Gasteiger partial charge in [0, 0.05) is 27.3 Å². The van der Waals surface area contributed by atoms with Gasteiger partial charge in [-0.3, -0.25) is 9.13 Å². The van der Waals surface area contributed by atoms with Crippen molar-refractivity contribution in [2.75, 3.05) is 0 Å². The van der Waals surface area contributed by atoms with Gasteiger partial charge in [-0.1, -0.05) is 215 Å². The summed E-state index contributed by atoms with van der Waals surface area (Å²) in [7, 11) is 0. The van der Waals surface area contributed by atoms with E-state index in [0.29, 0.717) is 0 Å². The monoisotopic (exact) mass is 1410 g/mol. The van der Waals surface area contributed by atoms with Crippen molar-refractivity contribution < 1.29 is 25.6 Å². The summed E-state index contributed by atoms with van der Waals surface area (Å²) in [4.78, 5) is 16.0. The predicted octanol–water partition coefficient (Wildman–Crippen LogP) is 20.1. The first-order valence-electron chi connectivity index (χ1n) is 32.3. The first-order valence-corrected chi connectivity index (χ1v) is 32.3. The SMILES string of the molecule is Cc1cccc2c1nc1n(-c3[c-]c(-n4[c-][n+](-c5c(-c6cc(-c7ccccc7)cc(-c7ccccc7)c6)cccc5-c5cc(-c6ccccc6)cc(-c6ccccc6)c5)c5ccccc54)ccc3)c3[c-]c4c(cc3n21)n1c2cccc(C)c2nc1n4-c1cc(C(C)(C)C)ccn1.[Pt]. The van der Waals surface area contributed by atoms with Gasteiger partial charge >= 0.3 is 0 Å². The largest absolute Gasteiger partial charge is 0.331 e. The number of para-hydroxylation sites is 5. The smallest absolute Gasteiger partial charge is 0.268 e. The van der Waals surface area contributed by atoms with Crippen LogP contribution in [0.5, 0.6) is 0 Å². The van der Waals surface area contributed by atoms with Crippen LogP contribution in [-0.2, 0) is 26.5 Å². The molecule has 0 unspecified atom stereocenters. The standard InChI is InChI=1S/C86H61N9.Pt/c1-55-24-20-40-74-81(55)88-84-92(76-52-79-78(53-77(76)93(74)84)94-75-41-21-25-56(2)82(75)89-85(94)95(79)80-50-67(42-43-87-80)86(3,4)5)69-35-22-34-68(51-69)90-54-91(73-39-19-18-38-72(73)90)83-70(65-46-61(57-26-10-6-11-27-57)44-62(47-65)58-28-12-7-13-29-58)36-23-37-71(83)66-48-63(59-30-14-8-15-31-59)45-64(49-66)60-32-16-9-17-33-60;/h6-50,53H,1-5H3;/q-2;. The van der Waals surface area contributed by atoms with Gasteiger partial charge in [0.25, 0.3) is 6.33 Å². The molecule has 0 saturated heterocycles. The summed E-state index contributed by atoms with van der Waals surface area (Å²) in [6.45, 7) is 11.0. The minimum absolute atomic E-state index is 0. The number of hydrogen-bond acceptors (Lipinski definition) is 3. The fraction of sp³-hybridized carbons (Fsp3) is 0.0698. The quantitative estimate of drug-likeness (QED) is 0.101. The topological polar surface area (TPSA) is 66.2 Å². The van der Waals surface area contributed by atoms with Gasteiger partial charge in [0.1, 0.15) is 5.82 Å². The molecule has 0 amide bonds. The summed E-state index contributed by atoms with van der Waals surface area (Å²) in [5.41, 5.74) is 28.6. The summed E-state index contributed by atoms with van der Waals surface area (Å²) in [6, 6.07) is 106. The molecule has 462 valence electrons. The second-order valence-corrected chi connectivity index (χ2v) is 25.9. The molecule has 0 saturated carbocycles. The molecule has 96 heavy (non-hydrogen) atoms. The van der Waals surface area contributed by atoms with Crippen molar-refractivity contribution in [1.29, 1.82) is 0 Å². The Bertz CT molecular complexity index is 5820. The van der Waals surface area contributed by atoms with Gasteiger partial charge in [-0.05, 0) is 191 Å². The molecule has 0 atom stereocenters. The van der Waals surface area contributed by atoms with Crippen molar-refractivity contribution in [3.05, 3.63) is 314 Å². The number of fused-ring (bicyclic) bond motifs is 11. The zero-order valence-corrected chi connectivity index (χ0v) is 55.7. The van der Waals surface area contributed by atoms with E-state index in [-0.39, 0.29) is 26.5 Å². The number of nitrogens with zero attached hydrogens (tertiary/aromatic N) is 9. The van der Waals surface area contributed by atoms with Gasteiger partial charge in [0.15, 0.2) is 0 Å². The number of hydrogen-bond donors (Lipinski definition) is 0. The van der Waals surface area contributed by atoms with E-state index in [1.807, 2.05) is 6.20 Å². The first kappa shape index (κ1) is 58.3. The molecule has 6 heterocycles. The maximum atomic E-state index is 5.54. The van der Waals surface area contributed by atoms with Crippen LogP contribution in [0, 0.1) is 32.3 Å². The number of imidazole rings is 5. The van der Waals surface area contributed by atoms with Crippen LogP contribution in [-0.4, -0.2) is 37.5 Å². The molecule has 0 spiro atoms. The molecule has 0 aliphatic heterocycles. The van der Waals surface area contributed by atoms with Crippen molar-refractivity contribution >= 4 is 66.7 Å². The van der Waals surface area contributed by atoms with E-state index >= 15 is 0 Å². The number of aryl methyl sites for hydroxylation is 2. The molecular formula is C86H61N9Pt-2. The van der Waals surface area contributed by atoms with Crippen molar-refractivity contribution in [3.8, 4) is 89.6 Å². The van der Waals surface area contributed by atoms with Crippen LogP contribution < -0.4 is 4.57 Å². The minimum atomic E-state index is -0.125. The Kier molecular flexibility index (Phi) is 13.9. The van der Waals surface area contributed by atoms with Crippen molar-refractivity contribution in [2.24, 2.45) is 0 Å². The molecule has 10 heteroatoms. The third-order valence-electron chi connectivity index (χ3n) is 18.9. The van der Waals surface area contributed by atoms with E-state index < -0.39 is 0 Å². The van der Waals surface area contributed by atoms with Gasteiger partial charge in [-0.2, -0.15) is 18.2 Å². The molecule has 18 rings (SSSR count). The second kappa shape index (κ2) is 22.9. The molecule has 0 aliphatic rings. The van der Waals surface area contributed by atoms with E-state index in [4.69, 9.17) is 15.0 Å². The van der Waals surface area contributed by atoms with Crippen LogP contribution >= 0.6 is 0 Å². The van der Waals surface area contributed by atoms with Gasteiger partial charge < -0.3 is 17.9 Å². The Balaban J connectivity index is 0.00000697. The van der Waals surface area contributed by atoms with E-state index in [9.17, 15) is 0 Å². The van der Waals surface area contributed by atoms with Crippen molar-refractivity contribution in [3.63, 3.8) is 0 Å². The third kappa shape index (κ3) is 9.55. The van der Waals surface area contributed by atoms with Gasteiger partial charge in [0.2, 0.25) is 11.6 Å².